The molecule has 33 heteroatoms. The second-order valence-electron chi connectivity index (χ2n) is 25.9. The number of nitrogens with one attached hydrogen (secondary N) is 9. The van der Waals surface area contributed by atoms with Crippen molar-refractivity contribution in [2.75, 3.05) is 6.26 Å². The van der Waals surface area contributed by atoms with Gasteiger partial charge in [0, 0.05) is 66.9 Å². The lowest BCUT2D eigenvalue weighted by Gasteiger charge is -2.22. The number of thioether (sulfide) groups is 1. The molecule has 582 valence electrons. The van der Waals surface area contributed by atoms with Crippen LogP contribution in [-0.4, -0.2) is 119 Å². The molecule has 17 aromatic rings. The summed E-state index contributed by atoms with van der Waals surface area (Å²) in [7, 11) is 5.59. The van der Waals surface area contributed by atoms with E-state index in [1.54, 1.807) is 29.7 Å². The molecular weight excluding hydrogens is 1620 g/mol. The number of aryl methyl sites for hydroxylation is 2. The lowest BCUT2D eigenvalue weighted by molar-refractivity contribution is 0.395. The molecule has 0 atom stereocenters. The van der Waals surface area contributed by atoms with Crippen molar-refractivity contribution in [1.82, 2.24) is 113 Å². The maximum Gasteiger partial charge on any atom is 0.199 e. The van der Waals surface area contributed by atoms with E-state index in [0.29, 0.717) is 38.2 Å². The summed E-state index contributed by atoms with van der Waals surface area (Å²) in [6.07, 6.45) is 4.57. The van der Waals surface area contributed by atoms with Crippen LogP contribution < -0.4 is 0 Å². The molecule has 0 radical (unpaired) electrons. The molecule has 23 nitrogen and oxygen atoms in total. The number of benzene rings is 9. The van der Waals surface area contributed by atoms with Gasteiger partial charge in [0.2, 0.25) is 0 Å². The number of fused-ring (bicyclic) bond motifs is 1. The van der Waals surface area contributed by atoms with E-state index in [-0.39, 0.29) is 5.54 Å². The summed E-state index contributed by atoms with van der Waals surface area (Å²) in [5.41, 5.74) is 12.2. The standard InChI is InChI=1S/C17H17N3S.C15H13N3S.C13H10N2S.C12H15N3S.C9H9N3S.C8H7N3S.C4H7N3S2.C3H5N3S2/c1-13-7-9-15(10-8-13)16-18-19-17(21)20(16)12-11-14-5-3-2-4-6-14;19-15-17-16-14(13-9-5-2-6-10-13)18(15)11-12-7-3-1-4-8-12;16-13-14-11-8-4-5-9-12(11)15(13)10-6-2-1-3-7-10;1-12(2,3)15-10(13-14-11(15)16)9-7-5-4-6-8-9;1-12-8(10-11-9(12)13)7-5-3-2-4-6-7;12-8-10-9-6-11(8)7-4-2-1-3-5-7;1-7-3(8)5-6-4(7)9-2;1-6-2(7)4-5-3(6)8/h2-10H,11-12H2,1H3,(H,19,21);1-10H,11H2,(H,17,19);1-9H,(H,14,16);4-8H,1-3H3,(H,14,16);2-6H,1H3,(H,11,13);1-6H,(H,10,12);1-2H3,(H,5,8);1H3,(H,4,7)(H,5,8). The molecule has 0 fully saturated rings. The van der Waals surface area contributed by atoms with Gasteiger partial charge in [-0.05, 0) is 198 Å². The van der Waals surface area contributed by atoms with E-state index in [0.717, 1.165) is 97.4 Å². The van der Waals surface area contributed by atoms with E-state index >= 15 is 0 Å². The summed E-state index contributed by atoms with van der Waals surface area (Å²) in [6, 6.07) is 87.2. The van der Waals surface area contributed by atoms with Crippen molar-refractivity contribution in [3.8, 4) is 56.9 Å². The normalized spacial score (nSPS) is 10.6. The maximum atomic E-state index is 5.36. The van der Waals surface area contributed by atoms with E-state index in [1.807, 2.05) is 230 Å². The van der Waals surface area contributed by atoms with Crippen LogP contribution >= 0.6 is 122 Å². The summed E-state index contributed by atoms with van der Waals surface area (Å²) < 4.78 is 21.2. The van der Waals surface area contributed by atoms with Gasteiger partial charge in [-0.1, -0.05) is 242 Å². The summed E-state index contributed by atoms with van der Waals surface area (Å²) in [6.45, 7) is 9.97. The summed E-state index contributed by atoms with van der Waals surface area (Å²) in [5.74, 6) is 3.52. The van der Waals surface area contributed by atoms with Crippen LogP contribution in [-0.2, 0) is 46.2 Å². The molecule has 9 N–H and O–H groups in total. The van der Waals surface area contributed by atoms with Crippen molar-refractivity contribution in [3.05, 3.63) is 327 Å². The van der Waals surface area contributed by atoms with Gasteiger partial charge < -0.3 is 9.55 Å². The molecule has 0 saturated heterocycles. The summed E-state index contributed by atoms with van der Waals surface area (Å²) in [4.78, 5) is 3.20. The van der Waals surface area contributed by atoms with Gasteiger partial charge in [-0.3, -0.25) is 72.8 Å². The van der Waals surface area contributed by atoms with E-state index < -0.39 is 0 Å². The number of imidazole rings is 1. The first kappa shape index (κ1) is 85.2. The zero-order valence-corrected chi connectivity index (χ0v) is 71.5. The number of aromatic amines is 9. The van der Waals surface area contributed by atoms with Crippen molar-refractivity contribution in [2.24, 2.45) is 21.1 Å². The van der Waals surface area contributed by atoms with Gasteiger partial charge in [-0.25, -0.2) is 0 Å². The highest BCUT2D eigenvalue weighted by Crippen LogP contribution is 2.26. The van der Waals surface area contributed by atoms with Crippen LogP contribution in [0.15, 0.2) is 272 Å². The van der Waals surface area contributed by atoms with E-state index in [4.69, 9.17) is 110 Å². The quantitative estimate of drug-likeness (QED) is 0.0407. The monoisotopic (exact) mass is 1700 g/mol. The predicted octanol–water partition coefficient (Wildman–Crippen LogP) is 21.3. The van der Waals surface area contributed by atoms with Crippen LogP contribution in [0.3, 0.4) is 0 Å². The molecular formula is C81H83N23S10. The first-order valence-corrected chi connectivity index (χ1v) is 40.3. The van der Waals surface area contributed by atoms with Crippen LogP contribution in [0, 0.1) is 49.9 Å². The molecule has 0 unspecified atom stereocenters. The maximum absolute atomic E-state index is 5.36. The number of H-pyrrole nitrogens is 9. The Hall–Kier alpha value is -11.2. The van der Waals surface area contributed by atoms with E-state index in [9.17, 15) is 0 Å². The molecule has 0 bridgehead atoms. The topological polar surface area (TPSA) is 259 Å². The fourth-order valence-electron chi connectivity index (χ4n) is 11.1. The van der Waals surface area contributed by atoms with E-state index in [2.05, 4.69) is 187 Å². The van der Waals surface area contributed by atoms with Crippen LogP contribution in [0.5, 0.6) is 0 Å². The van der Waals surface area contributed by atoms with Crippen molar-refractivity contribution >= 4 is 133 Å². The Bertz CT molecular complexity index is 6360. The Balaban J connectivity index is 0.000000140. The molecule has 0 aliphatic heterocycles. The first-order chi connectivity index (χ1) is 55.1. The Morgan fingerprint density at radius 2 is 0.789 bits per heavy atom. The molecule has 8 aromatic heterocycles. The third-order valence-electron chi connectivity index (χ3n) is 16.9. The molecule has 0 aliphatic carbocycles. The summed E-state index contributed by atoms with van der Waals surface area (Å²) in [5, 5.41) is 48.0. The minimum absolute atomic E-state index is 0.0741. The van der Waals surface area contributed by atoms with Crippen LogP contribution in [0.1, 0.15) is 37.5 Å². The largest absolute Gasteiger partial charge is 0.330 e. The summed E-state index contributed by atoms with van der Waals surface area (Å²) >= 11 is 47.3. The average molecular weight is 1700 g/mol. The molecule has 114 heavy (non-hydrogen) atoms. The molecule has 0 amide bonds. The fourth-order valence-corrected chi connectivity index (χ4v) is 13.6. The van der Waals surface area contributed by atoms with Gasteiger partial charge in [-0.15, -0.1) is 5.10 Å². The molecule has 0 aliphatic rings. The third kappa shape index (κ3) is 23.5. The number of hydrogen-bond acceptors (Lipinski definition) is 16. The van der Waals surface area contributed by atoms with Gasteiger partial charge in [-0.2, -0.15) is 25.5 Å². The van der Waals surface area contributed by atoms with Gasteiger partial charge >= 0.3 is 0 Å². The van der Waals surface area contributed by atoms with Crippen molar-refractivity contribution in [2.45, 2.75) is 57.9 Å². The lowest BCUT2D eigenvalue weighted by atomic mass is 10.1. The van der Waals surface area contributed by atoms with Crippen LogP contribution in [0.4, 0.5) is 0 Å². The molecule has 0 saturated carbocycles. The third-order valence-corrected chi connectivity index (χ3v) is 20.6. The predicted molar refractivity (Wildman–Crippen MR) is 481 cm³/mol. The van der Waals surface area contributed by atoms with Crippen molar-refractivity contribution < 1.29 is 0 Å². The van der Waals surface area contributed by atoms with Crippen molar-refractivity contribution in [1.29, 1.82) is 0 Å². The van der Waals surface area contributed by atoms with Gasteiger partial charge in [0.15, 0.2) is 71.4 Å². The Labute approximate surface area is 708 Å². The molecule has 17 rings (SSSR count). The molecule has 0 spiro atoms. The highest BCUT2D eigenvalue weighted by atomic mass is 32.2. The highest BCUT2D eigenvalue weighted by Gasteiger charge is 2.20. The second-order valence-corrected chi connectivity index (χ2v) is 30.1. The number of aromatic nitrogens is 23. The smallest absolute Gasteiger partial charge is 0.199 e. The number of nitrogens with zero attached hydrogens (tertiary/aromatic N) is 14. The molecule has 8 heterocycles. The minimum atomic E-state index is -0.0741. The van der Waals surface area contributed by atoms with Crippen LogP contribution in [0.2, 0.25) is 0 Å². The van der Waals surface area contributed by atoms with Gasteiger partial charge in [0.25, 0.3) is 0 Å². The van der Waals surface area contributed by atoms with Gasteiger partial charge in [0.05, 0.1) is 17.6 Å². The number of rotatable bonds is 12. The lowest BCUT2D eigenvalue weighted by Crippen LogP contribution is -2.22. The zero-order valence-electron chi connectivity index (χ0n) is 63.4. The average Bonchev–Trinajstić information content (AvgIpc) is 1.65. The number of hydrogen-bond donors (Lipinski definition) is 9. The minimum Gasteiger partial charge on any atom is -0.330 e. The van der Waals surface area contributed by atoms with Crippen molar-refractivity contribution in [3.63, 3.8) is 0 Å². The fraction of sp³-hybridized carbons (Fsp3) is 0.148. The molecule has 9 aromatic carbocycles. The zero-order chi connectivity index (χ0) is 81.1. The Kier molecular flexibility index (Phi) is 31.4. The Morgan fingerprint density at radius 3 is 1.26 bits per heavy atom. The SMILES string of the molecule is CC(C)(C)n1c(-c2ccccc2)n[nH]c1=S.CSc1n[nH]c(=S)n1C.Cc1ccc(-c2n[nH]c(=S)n2CCc2ccccc2)cc1.Cn1c(-c2ccccc2)n[nH]c1=S.Cn1c(=S)[nH][nH]c1=S.S=c1[nH]c2ccccc2n1-c1ccccc1.S=c1[nH]nc(-c2ccccc2)n1Cc1ccccc1.S=c1[nH]ncn1-c1ccccc1. The van der Waals surface area contributed by atoms with E-state index in [1.165, 1.54) is 16.7 Å². The second kappa shape index (κ2) is 42.0. The first-order valence-electron chi connectivity index (χ1n) is 35.4. The number of para-hydroxylation sites is 4. The highest BCUT2D eigenvalue weighted by molar-refractivity contribution is 7.98. The van der Waals surface area contributed by atoms with Gasteiger partial charge in [0.1, 0.15) is 6.33 Å². The van der Waals surface area contributed by atoms with Crippen LogP contribution in [0.25, 0.3) is 68.0 Å². The Morgan fingerprint density at radius 1 is 0.368 bits per heavy atom.